The Labute approximate surface area is 139 Å². The molecule has 24 heavy (non-hydrogen) atoms. The van der Waals surface area contributed by atoms with Gasteiger partial charge in [-0.05, 0) is 24.5 Å². The van der Waals surface area contributed by atoms with E-state index < -0.39 is 11.2 Å². The lowest BCUT2D eigenvalue weighted by Gasteiger charge is -2.33. The zero-order valence-corrected chi connectivity index (χ0v) is 13.2. The third-order valence-corrected chi connectivity index (χ3v) is 4.26. The first-order valence-corrected chi connectivity index (χ1v) is 7.91. The van der Waals surface area contributed by atoms with E-state index in [0.29, 0.717) is 17.9 Å². The third-order valence-electron chi connectivity index (χ3n) is 4.26. The van der Waals surface area contributed by atoms with Crippen molar-refractivity contribution < 1.29 is 0 Å². The molecule has 1 aromatic carbocycles. The summed E-state index contributed by atoms with van der Waals surface area (Å²) in [5.41, 5.74) is 6.36. The van der Waals surface area contributed by atoms with Gasteiger partial charge in [0.15, 0.2) is 0 Å². The molecule has 7 heteroatoms. The van der Waals surface area contributed by atoms with Gasteiger partial charge in [-0.15, -0.1) is 0 Å². The van der Waals surface area contributed by atoms with Crippen LogP contribution in [0.3, 0.4) is 0 Å². The number of nitrogens with two attached hydrogens (primary N) is 1. The van der Waals surface area contributed by atoms with Crippen LogP contribution >= 0.6 is 0 Å². The average molecular weight is 325 g/mol. The standard InChI is InChI=1S/C17H19N5O2/c18-9-12-4-1-2-5-13(12)10-22-16(8-15(23)20-17(22)24)21-7-3-6-14(19)11-21/h1-2,4-5,8,14H,3,6-7,10-11,19H2,(H,20,23,24)/t14-/m0/s1. The summed E-state index contributed by atoms with van der Waals surface area (Å²) in [6.07, 6.45) is 1.85. The van der Waals surface area contributed by atoms with Crippen LogP contribution in [-0.2, 0) is 6.54 Å². The highest BCUT2D eigenvalue weighted by atomic mass is 16.2. The summed E-state index contributed by atoms with van der Waals surface area (Å²) in [7, 11) is 0. The Morgan fingerprint density at radius 2 is 2.12 bits per heavy atom. The molecule has 7 nitrogen and oxygen atoms in total. The predicted octanol–water partition coefficient (Wildman–Crippen LogP) is 0.384. The van der Waals surface area contributed by atoms with Crippen LogP contribution in [0.15, 0.2) is 39.9 Å². The number of benzene rings is 1. The Morgan fingerprint density at radius 1 is 1.33 bits per heavy atom. The second kappa shape index (κ2) is 6.72. The fourth-order valence-electron chi connectivity index (χ4n) is 3.08. The van der Waals surface area contributed by atoms with Crippen molar-refractivity contribution in [3.05, 3.63) is 62.3 Å². The van der Waals surface area contributed by atoms with Crippen LogP contribution in [0, 0.1) is 11.3 Å². The summed E-state index contributed by atoms with van der Waals surface area (Å²) in [5, 5.41) is 9.24. The summed E-state index contributed by atoms with van der Waals surface area (Å²) in [6.45, 7) is 1.57. The molecule has 0 bridgehead atoms. The largest absolute Gasteiger partial charge is 0.356 e. The van der Waals surface area contributed by atoms with Crippen molar-refractivity contribution in [3.63, 3.8) is 0 Å². The van der Waals surface area contributed by atoms with E-state index in [1.54, 1.807) is 12.1 Å². The number of H-pyrrole nitrogens is 1. The average Bonchev–Trinajstić information content (AvgIpc) is 2.57. The van der Waals surface area contributed by atoms with Gasteiger partial charge in [0, 0.05) is 25.2 Å². The molecule has 0 amide bonds. The highest BCUT2D eigenvalue weighted by Gasteiger charge is 2.21. The summed E-state index contributed by atoms with van der Waals surface area (Å²) in [5.74, 6) is 0.548. The molecular formula is C17H19N5O2. The summed E-state index contributed by atoms with van der Waals surface area (Å²) in [4.78, 5) is 28.4. The number of hydrogen-bond acceptors (Lipinski definition) is 5. The molecule has 1 fully saturated rings. The van der Waals surface area contributed by atoms with E-state index in [1.165, 1.54) is 10.6 Å². The van der Waals surface area contributed by atoms with Crippen molar-refractivity contribution in [1.82, 2.24) is 9.55 Å². The molecule has 2 aromatic rings. The molecule has 0 aliphatic carbocycles. The molecule has 1 aliphatic rings. The van der Waals surface area contributed by atoms with Crippen molar-refractivity contribution in [3.8, 4) is 6.07 Å². The minimum atomic E-state index is -0.482. The molecule has 0 saturated carbocycles. The van der Waals surface area contributed by atoms with Crippen molar-refractivity contribution in [2.75, 3.05) is 18.0 Å². The molecule has 1 saturated heterocycles. The lowest BCUT2D eigenvalue weighted by Crippen LogP contribution is -2.46. The van der Waals surface area contributed by atoms with Crippen molar-refractivity contribution in [1.29, 1.82) is 5.26 Å². The van der Waals surface area contributed by atoms with Gasteiger partial charge in [-0.25, -0.2) is 4.79 Å². The maximum absolute atomic E-state index is 12.4. The summed E-state index contributed by atoms with van der Waals surface area (Å²) in [6, 6.07) is 10.7. The van der Waals surface area contributed by atoms with Crippen LogP contribution in [0.2, 0.25) is 0 Å². The number of nitriles is 1. The van der Waals surface area contributed by atoms with Crippen LogP contribution < -0.4 is 21.9 Å². The molecule has 1 aromatic heterocycles. The van der Waals surface area contributed by atoms with E-state index in [9.17, 15) is 14.9 Å². The van der Waals surface area contributed by atoms with E-state index in [4.69, 9.17) is 5.73 Å². The van der Waals surface area contributed by atoms with E-state index in [2.05, 4.69) is 11.1 Å². The first-order valence-electron chi connectivity index (χ1n) is 7.91. The Bertz CT molecular complexity index is 893. The Kier molecular flexibility index (Phi) is 4.49. The Morgan fingerprint density at radius 3 is 2.88 bits per heavy atom. The van der Waals surface area contributed by atoms with Crippen LogP contribution in [0.1, 0.15) is 24.0 Å². The van der Waals surface area contributed by atoms with Gasteiger partial charge in [0.1, 0.15) is 5.82 Å². The van der Waals surface area contributed by atoms with Gasteiger partial charge < -0.3 is 10.6 Å². The molecular weight excluding hydrogens is 306 g/mol. The molecule has 3 rings (SSSR count). The molecule has 3 N–H and O–H groups in total. The number of rotatable bonds is 3. The predicted molar refractivity (Wildman–Crippen MR) is 91.0 cm³/mol. The summed E-state index contributed by atoms with van der Waals surface area (Å²) >= 11 is 0. The lowest BCUT2D eigenvalue weighted by atomic mass is 10.1. The van der Waals surface area contributed by atoms with Crippen molar-refractivity contribution in [2.24, 2.45) is 5.73 Å². The smallest absolute Gasteiger partial charge is 0.330 e. The van der Waals surface area contributed by atoms with Crippen molar-refractivity contribution in [2.45, 2.75) is 25.4 Å². The highest BCUT2D eigenvalue weighted by molar-refractivity contribution is 5.42. The maximum Gasteiger partial charge on any atom is 0.330 e. The van der Waals surface area contributed by atoms with E-state index in [1.807, 2.05) is 17.0 Å². The minimum absolute atomic E-state index is 0.0213. The van der Waals surface area contributed by atoms with E-state index >= 15 is 0 Å². The third kappa shape index (κ3) is 3.24. The lowest BCUT2D eigenvalue weighted by molar-refractivity contribution is 0.494. The number of aromatic amines is 1. The van der Waals surface area contributed by atoms with Crippen LogP contribution in [0.25, 0.3) is 0 Å². The summed E-state index contributed by atoms with van der Waals surface area (Å²) < 4.78 is 1.50. The van der Waals surface area contributed by atoms with E-state index in [0.717, 1.165) is 24.9 Å². The zero-order chi connectivity index (χ0) is 17.1. The normalized spacial score (nSPS) is 17.5. The van der Waals surface area contributed by atoms with Gasteiger partial charge in [0.25, 0.3) is 5.56 Å². The number of nitrogens with one attached hydrogen (secondary N) is 1. The van der Waals surface area contributed by atoms with Gasteiger partial charge in [0.2, 0.25) is 0 Å². The SMILES string of the molecule is N#Cc1ccccc1Cn1c(N2CCC[C@H](N)C2)cc(=O)[nH]c1=O. The minimum Gasteiger partial charge on any atom is -0.356 e. The number of anilines is 1. The van der Waals surface area contributed by atoms with Crippen LogP contribution in [0.5, 0.6) is 0 Å². The second-order valence-electron chi connectivity index (χ2n) is 6.00. The van der Waals surface area contributed by atoms with Gasteiger partial charge in [-0.3, -0.25) is 14.3 Å². The number of hydrogen-bond donors (Lipinski definition) is 2. The number of aromatic nitrogens is 2. The monoisotopic (exact) mass is 325 g/mol. The first-order chi connectivity index (χ1) is 11.6. The van der Waals surface area contributed by atoms with Crippen LogP contribution in [0.4, 0.5) is 5.82 Å². The molecule has 0 spiro atoms. The molecule has 0 unspecified atom stereocenters. The van der Waals surface area contributed by atoms with Crippen molar-refractivity contribution >= 4 is 5.82 Å². The van der Waals surface area contributed by atoms with Gasteiger partial charge >= 0.3 is 5.69 Å². The highest BCUT2D eigenvalue weighted by Crippen LogP contribution is 2.18. The fourth-order valence-corrected chi connectivity index (χ4v) is 3.08. The number of nitrogens with zero attached hydrogens (tertiary/aromatic N) is 3. The topological polar surface area (TPSA) is 108 Å². The van der Waals surface area contributed by atoms with Gasteiger partial charge in [-0.1, -0.05) is 18.2 Å². The molecule has 1 aliphatic heterocycles. The van der Waals surface area contributed by atoms with E-state index in [-0.39, 0.29) is 12.6 Å². The zero-order valence-electron chi connectivity index (χ0n) is 13.2. The number of piperidine rings is 1. The fraction of sp³-hybridized carbons (Fsp3) is 0.353. The van der Waals surface area contributed by atoms with Gasteiger partial charge in [-0.2, -0.15) is 5.26 Å². The first kappa shape index (κ1) is 16.0. The van der Waals surface area contributed by atoms with Crippen LogP contribution in [-0.4, -0.2) is 28.7 Å². The Hall–Kier alpha value is -2.85. The molecule has 0 radical (unpaired) electrons. The second-order valence-corrected chi connectivity index (χ2v) is 6.00. The molecule has 1 atom stereocenters. The molecule has 124 valence electrons. The Balaban J connectivity index is 2.05. The molecule has 2 heterocycles. The quantitative estimate of drug-likeness (QED) is 0.848. The maximum atomic E-state index is 12.4. The van der Waals surface area contributed by atoms with Gasteiger partial charge in [0.05, 0.1) is 18.2 Å².